The Labute approximate surface area is 78.4 Å². The van der Waals surface area contributed by atoms with Crippen molar-refractivity contribution in [2.24, 2.45) is 0 Å². The molecule has 0 aliphatic carbocycles. The van der Waals surface area contributed by atoms with E-state index in [0.717, 1.165) is 0 Å². The van der Waals surface area contributed by atoms with E-state index in [4.69, 9.17) is 32.0 Å². The molecule has 0 unspecified atom stereocenters. The molecule has 7 heteroatoms. The second kappa shape index (κ2) is 5.25. The van der Waals surface area contributed by atoms with E-state index in [1.54, 1.807) is 0 Å². The fraction of sp³-hybridized carbons (Fsp3) is 0.667. The second-order valence-corrected chi connectivity index (χ2v) is 2.73. The highest BCUT2D eigenvalue weighted by atomic mass is 35.5. The number of carbonyl (C=O) groups is 2. The van der Waals surface area contributed by atoms with Crippen LogP contribution in [0.1, 0.15) is 0 Å². The molecule has 0 aromatic rings. The minimum Gasteiger partial charge on any atom is -0.387 e. The summed E-state index contributed by atoms with van der Waals surface area (Å²) in [5, 5.41) is 34.0. The van der Waals surface area contributed by atoms with E-state index in [2.05, 4.69) is 0 Å². The van der Waals surface area contributed by atoms with Crippen molar-refractivity contribution in [3.05, 3.63) is 0 Å². The summed E-state index contributed by atoms with van der Waals surface area (Å²) in [5.41, 5.74) is 0. The highest BCUT2D eigenvalue weighted by molar-refractivity contribution is 6.64. The van der Waals surface area contributed by atoms with Gasteiger partial charge in [0.1, 0.15) is 18.3 Å². The van der Waals surface area contributed by atoms with Gasteiger partial charge in [0, 0.05) is 0 Å². The maximum absolute atomic E-state index is 10.3. The zero-order valence-electron chi connectivity index (χ0n) is 6.37. The first-order chi connectivity index (χ1) is 5.91. The van der Waals surface area contributed by atoms with Crippen LogP contribution in [-0.4, -0.2) is 56.4 Å². The van der Waals surface area contributed by atoms with Crippen molar-refractivity contribution in [3.8, 4) is 0 Å². The Bertz CT molecular complexity index is 196. The molecule has 0 aliphatic heterocycles. The smallest absolute Gasteiger partial charge is 0.253 e. The normalized spacial score (nSPS) is 20.1. The van der Waals surface area contributed by atoms with Gasteiger partial charge >= 0.3 is 0 Å². The van der Waals surface area contributed by atoms with E-state index in [-0.39, 0.29) is 6.29 Å². The van der Waals surface area contributed by atoms with Gasteiger partial charge in [0.15, 0.2) is 12.4 Å². The van der Waals surface area contributed by atoms with Gasteiger partial charge in [0.25, 0.3) is 5.24 Å². The molecule has 0 saturated heterocycles. The molecule has 6 nitrogen and oxygen atoms in total. The molecular formula is C6H9ClO6. The number of hydrogen-bond acceptors (Lipinski definition) is 6. The minimum absolute atomic E-state index is 0.0423. The molecule has 76 valence electrons. The molecular weight excluding hydrogens is 204 g/mol. The predicted molar refractivity (Wildman–Crippen MR) is 41.0 cm³/mol. The Morgan fingerprint density at radius 1 is 1.15 bits per heavy atom. The van der Waals surface area contributed by atoms with Crippen LogP contribution in [0.15, 0.2) is 0 Å². The molecule has 0 radical (unpaired) electrons. The van der Waals surface area contributed by atoms with Gasteiger partial charge in [-0.2, -0.15) is 0 Å². The van der Waals surface area contributed by atoms with Crippen molar-refractivity contribution in [3.63, 3.8) is 0 Å². The molecule has 0 rings (SSSR count). The highest BCUT2D eigenvalue weighted by Crippen LogP contribution is 2.06. The molecule has 0 amide bonds. The monoisotopic (exact) mass is 212 g/mol. The highest BCUT2D eigenvalue weighted by Gasteiger charge is 2.33. The van der Waals surface area contributed by atoms with Crippen LogP contribution in [0.5, 0.6) is 0 Å². The summed E-state index contributed by atoms with van der Waals surface area (Å²) in [5.74, 6) is 0. The van der Waals surface area contributed by atoms with Crippen LogP contribution in [-0.2, 0) is 9.59 Å². The Balaban J connectivity index is 4.32. The van der Waals surface area contributed by atoms with Crippen molar-refractivity contribution in [2.45, 2.75) is 24.4 Å². The number of rotatable bonds is 5. The van der Waals surface area contributed by atoms with E-state index in [1.807, 2.05) is 0 Å². The van der Waals surface area contributed by atoms with Gasteiger partial charge in [0.2, 0.25) is 0 Å². The van der Waals surface area contributed by atoms with E-state index < -0.39 is 29.7 Å². The van der Waals surface area contributed by atoms with Crippen LogP contribution >= 0.6 is 11.6 Å². The number of hydrogen-bond donors (Lipinski definition) is 4. The lowest BCUT2D eigenvalue weighted by atomic mass is 10.0. The van der Waals surface area contributed by atoms with Gasteiger partial charge in [-0.15, -0.1) is 0 Å². The molecule has 4 N–H and O–H groups in total. The molecule has 0 saturated carbocycles. The molecule has 4 atom stereocenters. The third-order valence-electron chi connectivity index (χ3n) is 1.40. The predicted octanol–water partition coefficient (Wildman–Crippen LogP) is -2.61. The Morgan fingerprint density at radius 3 is 1.92 bits per heavy atom. The Hall–Kier alpha value is -0.530. The molecule has 0 aliphatic rings. The largest absolute Gasteiger partial charge is 0.387 e. The van der Waals surface area contributed by atoms with E-state index in [9.17, 15) is 9.59 Å². The summed E-state index contributed by atoms with van der Waals surface area (Å²) in [4.78, 5) is 20.2. The number of aliphatic hydroxyl groups excluding tert-OH is 4. The van der Waals surface area contributed by atoms with Gasteiger partial charge in [-0.05, 0) is 11.6 Å². The maximum atomic E-state index is 10.3. The SMILES string of the molecule is O=C[C@H](O)[C@@H](O)[C@@H](O)[C@H](O)C(=O)Cl. The third-order valence-corrected chi connectivity index (χ3v) is 1.62. The van der Waals surface area contributed by atoms with Crippen LogP contribution < -0.4 is 0 Å². The molecule has 0 aromatic carbocycles. The van der Waals surface area contributed by atoms with Crippen LogP contribution in [0.4, 0.5) is 0 Å². The summed E-state index contributed by atoms with van der Waals surface area (Å²) in [7, 11) is 0. The zero-order chi connectivity index (χ0) is 10.6. The lowest BCUT2D eigenvalue weighted by Crippen LogP contribution is -2.47. The van der Waals surface area contributed by atoms with Crippen molar-refractivity contribution in [1.29, 1.82) is 0 Å². The van der Waals surface area contributed by atoms with Gasteiger partial charge in [-0.3, -0.25) is 4.79 Å². The molecule has 0 heterocycles. The first-order valence-electron chi connectivity index (χ1n) is 3.28. The van der Waals surface area contributed by atoms with Crippen molar-refractivity contribution in [2.75, 3.05) is 0 Å². The summed E-state index contributed by atoms with van der Waals surface area (Å²) in [6.45, 7) is 0. The van der Waals surface area contributed by atoms with Crippen molar-refractivity contribution in [1.82, 2.24) is 0 Å². The summed E-state index contributed by atoms with van der Waals surface area (Å²) >= 11 is 4.79. The number of aldehydes is 1. The third kappa shape index (κ3) is 3.37. The fourth-order valence-electron chi connectivity index (χ4n) is 0.604. The Kier molecular flexibility index (Phi) is 5.04. The number of carbonyl (C=O) groups excluding carboxylic acids is 2. The Morgan fingerprint density at radius 2 is 1.62 bits per heavy atom. The van der Waals surface area contributed by atoms with Gasteiger partial charge < -0.3 is 25.2 Å². The van der Waals surface area contributed by atoms with Crippen LogP contribution in [0.25, 0.3) is 0 Å². The molecule has 0 spiro atoms. The van der Waals surface area contributed by atoms with Gasteiger partial charge in [-0.1, -0.05) is 0 Å². The summed E-state index contributed by atoms with van der Waals surface area (Å²) in [6.07, 6.45) is -7.90. The maximum Gasteiger partial charge on any atom is 0.253 e. The van der Waals surface area contributed by atoms with Crippen LogP contribution in [0.2, 0.25) is 0 Å². The van der Waals surface area contributed by atoms with E-state index >= 15 is 0 Å². The fourth-order valence-corrected chi connectivity index (χ4v) is 0.733. The first kappa shape index (κ1) is 12.5. The quantitative estimate of drug-likeness (QED) is 0.293. The summed E-state index contributed by atoms with van der Waals surface area (Å²) < 4.78 is 0. The second-order valence-electron chi connectivity index (χ2n) is 2.36. The number of aliphatic hydroxyl groups is 4. The summed E-state index contributed by atoms with van der Waals surface area (Å²) in [6, 6.07) is 0. The lowest BCUT2D eigenvalue weighted by Gasteiger charge is -2.21. The van der Waals surface area contributed by atoms with E-state index in [0.29, 0.717) is 0 Å². The van der Waals surface area contributed by atoms with Crippen molar-refractivity contribution < 1.29 is 30.0 Å². The average Bonchev–Trinajstić information content (AvgIpc) is 2.12. The van der Waals surface area contributed by atoms with Crippen LogP contribution in [0, 0.1) is 0 Å². The van der Waals surface area contributed by atoms with E-state index in [1.165, 1.54) is 0 Å². The molecule has 0 bridgehead atoms. The molecule has 13 heavy (non-hydrogen) atoms. The zero-order valence-corrected chi connectivity index (χ0v) is 7.13. The topological polar surface area (TPSA) is 115 Å². The van der Waals surface area contributed by atoms with Crippen LogP contribution in [0.3, 0.4) is 0 Å². The van der Waals surface area contributed by atoms with Gasteiger partial charge in [0.05, 0.1) is 0 Å². The molecule has 0 aromatic heterocycles. The van der Waals surface area contributed by atoms with Crippen molar-refractivity contribution >= 4 is 23.1 Å². The average molecular weight is 213 g/mol. The standard InChI is InChI=1S/C6H9ClO6/c7-6(13)5(12)4(11)3(10)2(9)1-8/h1-5,9-12H/t2-,3+,4+,5-/m0/s1. The van der Waals surface area contributed by atoms with Gasteiger partial charge in [-0.25, -0.2) is 0 Å². The number of halogens is 1. The lowest BCUT2D eigenvalue weighted by molar-refractivity contribution is -0.143. The minimum atomic E-state index is -2.04. The molecule has 0 fully saturated rings. The first-order valence-corrected chi connectivity index (χ1v) is 3.66.